The van der Waals surface area contributed by atoms with Gasteiger partial charge in [0.2, 0.25) is 0 Å². The van der Waals surface area contributed by atoms with E-state index in [1.807, 2.05) is 12.1 Å². The molecule has 3 heteroatoms. The number of nitrogens with two attached hydrogens (primary N) is 1. The lowest BCUT2D eigenvalue weighted by Crippen LogP contribution is -2.27. The molecule has 0 amide bonds. The lowest BCUT2D eigenvalue weighted by Gasteiger charge is -2.27. The number of nitrogens with one attached hydrogen (secondary N) is 1. The monoisotopic (exact) mass is 316 g/mol. The van der Waals surface area contributed by atoms with Crippen LogP contribution in [0, 0.1) is 0 Å². The van der Waals surface area contributed by atoms with Crippen LogP contribution >= 0.6 is 15.9 Å². The Kier molecular flexibility index (Phi) is 3.47. The van der Waals surface area contributed by atoms with E-state index in [9.17, 15) is 0 Å². The van der Waals surface area contributed by atoms with Crippen LogP contribution in [0.4, 0.5) is 11.4 Å². The lowest BCUT2D eigenvalue weighted by molar-refractivity contribution is 0.611. The van der Waals surface area contributed by atoms with Crippen molar-refractivity contribution in [3.63, 3.8) is 0 Å². The van der Waals surface area contributed by atoms with Crippen LogP contribution < -0.4 is 11.1 Å². The zero-order chi connectivity index (χ0) is 13.2. The third-order valence-electron chi connectivity index (χ3n) is 3.72. The Morgan fingerprint density at radius 2 is 1.89 bits per heavy atom. The summed E-state index contributed by atoms with van der Waals surface area (Å²) in [6, 6.07) is 15.1. The maximum absolute atomic E-state index is 6.02. The van der Waals surface area contributed by atoms with Gasteiger partial charge in [-0.25, -0.2) is 0 Å². The number of halogens is 1. The van der Waals surface area contributed by atoms with E-state index >= 15 is 0 Å². The summed E-state index contributed by atoms with van der Waals surface area (Å²) in [5.41, 5.74) is 10.8. The van der Waals surface area contributed by atoms with Crippen molar-refractivity contribution >= 4 is 27.3 Å². The molecule has 98 valence electrons. The van der Waals surface area contributed by atoms with Gasteiger partial charge in [0.15, 0.2) is 0 Å². The van der Waals surface area contributed by atoms with Crippen molar-refractivity contribution in [2.45, 2.75) is 25.3 Å². The Hall–Kier alpha value is -1.48. The molecule has 2 aromatic carbocycles. The highest BCUT2D eigenvalue weighted by Gasteiger charge is 2.18. The SMILES string of the molecule is Nc1ccc(Br)cc1NC1CCc2ccccc2C1. The van der Waals surface area contributed by atoms with Gasteiger partial charge in [0.25, 0.3) is 0 Å². The van der Waals surface area contributed by atoms with Crippen molar-refractivity contribution < 1.29 is 0 Å². The molecule has 0 saturated heterocycles. The molecule has 2 aromatic rings. The number of hydrogen-bond acceptors (Lipinski definition) is 2. The van der Waals surface area contributed by atoms with Gasteiger partial charge in [-0.05, 0) is 48.6 Å². The minimum atomic E-state index is 0.464. The predicted octanol–water partition coefficient (Wildman–Crippen LogP) is 4.00. The molecule has 2 nitrogen and oxygen atoms in total. The zero-order valence-electron chi connectivity index (χ0n) is 10.7. The molecule has 0 heterocycles. The van der Waals surface area contributed by atoms with Gasteiger partial charge in [0.1, 0.15) is 0 Å². The highest BCUT2D eigenvalue weighted by atomic mass is 79.9. The quantitative estimate of drug-likeness (QED) is 0.822. The summed E-state index contributed by atoms with van der Waals surface area (Å²) >= 11 is 3.49. The average molecular weight is 317 g/mol. The van der Waals surface area contributed by atoms with Gasteiger partial charge < -0.3 is 11.1 Å². The Morgan fingerprint density at radius 3 is 2.74 bits per heavy atom. The zero-order valence-corrected chi connectivity index (χ0v) is 12.3. The number of aryl methyl sites for hydroxylation is 1. The lowest BCUT2D eigenvalue weighted by atomic mass is 9.88. The molecule has 3 rings (SSSR count). The van der Waals surface area contributed by atoms with Gasteiger partial charge in [-0.3, -0.25) is 0 Å². The van der Waals surface area contributed by atoms with Crippen LogP contribution in [-0.2, 0) is 12.8 Å². The standard InChI is InChI=1S/C16H17BrN2/c17-13-6-8-15(18)16(10-13)19-14-7-5-11-3-1-2-4-12(11)9-14/h1-4,6,8,10,14,19H,5,7,9,18H2. The Balaban J connectivity index is 1.77. The Morgan fingerprint density at radius 1 is 1.11 bits per heavy atom. The first-order valence-electron chi connectivity index (χ1n) is 6.61. The van der Waals surface area contributed by atoms with Gasteiger partial charge in [0.05, 0.1) is 11.4 Å². The summed E-state index contributed by atoms with van der Waals surface area (Å²) in [5.74, 6) is 0. The molecular formula is C16H17BrN2. The number of rotatable bonds is 2. The summed E-state index contributed by atoms with van der Waals surface area (Å²) in [5, 5.41) is 3.58. The third-order valence-corrected chi connectivity index (χ3v) is 4.22. The van der Waals surface area contributed by atoms with Crippen molar-refractivity contribution in [2.24, 2.45) is 0 Å². The summed E-state index contributed by atoms with van der Waals surface area (Å²) in [7, 11) is 0. The van der Waals surface area contributed by atoms with E-state index in [1.54, 1.807) is 0 Å². The molecule has 0 saturated carbocycles. The van der Waals surface area contributed by atoms with Crippen molar-refractivity contribution in [2.75, 3.05) is 11.1 Å². The molecule has 1 atom stereocenters. The van der Waals surface area contributed by atoms with E-state index in [0.29, 0.717) is 6.04 Å². The van der Waals surface area contributed by atoms with Crippen LogP contribution in [0.25, 0.3) is 0 Å². The highest BCUT2D eigenvalue weighted by Crippen LogP contribution is 2.28. The minimum absolute atomic E-state index is 0.464. The smallest absolute Gasteiger partial charge is 0.0587 e. The molecule has 0 radical (unpaired) electrons. The topological polar surface area (TPSA) is 38.0 Å². The summed E-state index contributed by atoms with van der Waals surface area (Å²) in [6.07, 6.45) is 3.37. The van der Waals surface area contributed by atoms with Crippen molar-refractivity contribution in [3.8, 4) is 0 Å². The van der Waals surface area contributed by atoms with E-state index in [-0.39, 0.29) is 0 Å². The molecule has 3 N–H and O–H groups in total. The fraction of sp³-hybridized carbons (Fsp3) is 0.250. The maximum atomic E-state index is 6.02. The normalized spacial score (nSPS) is 17.8. The Labute approximate surface area is 122 Å². The molecule has 0 bridgehead atoms. The first-order valence-corrected chi connectivity index (χ1v) is 7.40. The van der Waals surface area contributed by atoms with Crippen LogP contribution in [0.15, 0.2) is 46.9 Å². The fourth-order valence-corrected chi connectivity index (χ4v) is 3.06. The van der Waals surface area contributed by atoms with E-state index in [2.05, 4.69) is 51.6 Å². The van der Waals surface area contributed by atoms with Crippen LogP contribution in [0.2, 0.25) is 0 Å². The summed E-state index contributed by atoms with van der Waals surface area (Å²) in [4.78, 5) is 0. The Bertz CT molecular complexity index is 595. The van der Waals surface area contributed by atoms with E-state index in [4.69, 9.17) is 5.73 Å². The maximum Gasteiger partial charge on any atom is 0.0587 e. The molecule has 0 spiro atoms. The van der Waals surface area contributed by atoms with Crippen LogP contribution in [0.5, 0.6) is 0 Å². The number of nitrogen functional groups attached to an aromatic ring is 1. The van der Waals surface area contributed by atoms with Crippen LogP contribution in [0.1, 0.15) is 17.5 Å². The fourth-order valence-electron chi connectivity index (χ4n) is 2.69. The number of fused-ring (bicyclic) bond motifs is 1. The van der Waals surface area contributed by atoms with Crippen molar-refractivity contribution in [3.05, 3.63) is 58.1 Å². The van der Waals surface area contributed by atoms with E-state index in [0.717, 1.165) is 35.1 Å². The second kappa shape index (κ2) is 5.25. The first-order chi connectivity index (χ1) is 9.22. The molecule has 1 aliphatic rings. The predicted molar refractivity (Wildman–Crippen MR) is 84.4 cm³/mol. The third kappa shape index (κ3) is 2.76. The second-order valence-electron chi connectivity index (χ2n) is 5.08. The summed E-state index contributed by atoms with van der Waals surface area (Å²) < 4.78 is 1.06. The largest absolute Gasteiger partial charge is 0.397 e. The number of benzene rings is 2. The summed E-state index contributed by atoms with van der Waals surface area (Å²) in [6.45, 7) is 0. The van der Waals surface area contributed by atoms with Crippen molar-refractivity contribution in [1.29, 1.82) is 0 Å². The van der Waals surface area contributed by atoms with Gasteiger partial charge >= 0.3 is 0 Å². The van der Waals surface area contributed by atoms with Gasteiger partial charge in [-0.1, -0.05) is 40.2 Å². The van der Waals surface area contributed by atoms with E-state index < -0.39 is 0 Å². The molecule has 0 aliphatic heterocycles. The second-order valence-corrected chi connectivity index (χ2v) is 6.00. The minimum Gasteiger partial charge on any atom is -0.397 e. The van der Waals surface area contributed by atoms with Crippen LogP contribution in [-0.4, -0.2) is 6.04 Å². The van der Waals surface area contributed by atoms with Gasteiger partial charge in [-0.15, -0.1) is 0 Å². The highest BCUT2D eigenvalue weighted by molar-refractivity contribution is 9.10. The number of anilines is 2. The van der Waals surface area contributed by atoms with Crippen molar-refractivity contribution in [1.82, 2.24) is 0 Å². The first kappa shape index (κ1) is 12.5. The van der Waals surface area contributed by atoms with Crippen LogP contribution in [0.3, 0.4) is 0 Å². The molecule has 0 fully saturated rings. The molecule has 1 unspecified atom stereocenters. The van der Waals surface area contributed by atoms with E-state index in [1.165, 1.54) is 11.1 Å². The molecular weight excluding hydrogens is 300 g/mol. The molecule has 19 heavy (non-hydrogen) atoms. The number of hydrogen-bond donors (Lipinski definition) is 2. The van der Waals surface area contributed by atoms with Gasteiger partial charge in [0, 0.05) is 10.5 Å². The molecule has 1 aliphatic carbocycles. The van der Waals surface area contributed by atoms with Gasteiger partial charge in [-0.2, -0.15) is 0 Å². The average Bonchev–Trinajstić information content (AvgIpc) is 2.43. The molecule has 0 aromatic heterocycles.